The Balaban J connectivity index is 2.35. The van der Waals surface area contributed by atoms with E-state index in [1.54, 1.807) is 7.11 Å². The van der Waals surface area contributed by atoms with Crippen LogP contribution in [0.15, 0.2) is 28.9 Å². The minimum atomic E-state index is 0.573. The van der Waals surface area contributed by atoms with Gasteiger partial charge in [-0.05, 0) is 12.5 Å². The summed E-state index contributed by atoms with van der Waals surface area (Å²) >= 11 is 0. The third-order valence-corrected chi connectivity index (χ3v) is 2.53. The number of para-hydroxylation sites is 1. The van der Waals surface area contributed by atoms with Crippen LogP contribution < -0.4 is 10.5 Å². The van der Waals surface area contributed by atoms with E-state index in [0.717, 1.165) is 16.9 Å². The summed E-state index contributed by atoms with van der Waals surface area (Å²) in [7, 11) is 1.66. The van der Waals surface area contributed by atoms with Gasteiger partial charge in [-0.1, -0.05) is 23.4 Å². The number of nitrogen functional groups attached to an aromatic ring is 1. The molecule has 2 N–H and O–H groups in total. The van der Waals surface area contributed by atoms with Crippen molar-refractivity contribution < 1.29 is 9.26 Å². The lowest BCUT2D eigenvalue weighted by Crippen LogP contribution is -1.97. The highest BCUT2D eigenvalue weighted by Crippen LogP contribution is 2.26. The monoisotopic (exact) mass is 218 g/mol. The lowest BCUT2D eigenvalue weighted by Gasteiger charge is -2.09. The lowest BCUT2D eigenvalue weighted by molar-refractivity contribution is 0.383. The van der Waals surface area contributed by atoms with Crippen molar-refractivity contribution in [1.82, 2.24) is 5.16 Å². The summed E-state index contributed by atoms with van der Waals surface area (Å²) in [6.45, 7) is 2.01. The van der Waals surface area contributed by atoms with Crippen LogP contribution in [0.4, 0.5) is 5.69 Å². The standard InChI is InChI=1S/C12H14N2O2/c1-8-4-3-5-9(12(8)15-2)6-11-10(13)7-14-16-11/h3-5,7H,6,13H2,1-2H3. The third kappa shape index (κ3) is 1.86. The molecule has 84 valence electrons. The average Bonchev–Trinajstić information content (AvgIpc) is 2.65. The summed E-state index contributed by atoms with van der Waals surface area (Å²) in [6.07, 6.45) is 2.11. The molecule has 0 unspecified atom stereocenters. The zero-order valence-electron chi connectivity index (χ0n) is 9.36. The van der Waals surface area contributed by atoms with Crippen LogP contribution in [-0.2, 0) is 6.42 Å². The fourth-order valence-electron chi connectivity index (χ4n) is 1.72. The number of benzene rings is 1. The van der Waals surface area contributed by atoms with Gasteiger partial charge in [-0.3, -0.25) is 0 Å². The molecule has 2 aromatic rings. The number of aryl methyl sites for hydroxylation is 1. The first-order valence-electron chi connectivity index (χ1n) is 5.04. The summed E-state index contributed by atoms with van der Waals surface area (Å²) in [4.78, 5) is 0. The molecule has 1 heterocycles. The van der Waals surface area contributed by atoms with Crippen molar-refractivity contribution in [2.75, 3.05) is 12.8 Å². The van der Waals surface area contributed by atoms with Gasteiger partial charge in [-0.15, -0.1) is 0 Å². The zero-order chi connectivity index (χ0) is 11.5. The smallest absolute Gasteiger partial charge is 0.164 e. The van der Waals surface area contributed by atoms with Gasteiger partial charge in [0.2, 0.25) is 0 Å². The number of hydrogen-bond acceptors (Lipinski definition) is 4. The fourth-order valence-corrected chi connectivity index (χ4v) is 1.72. The highest BCUT2D eigenvalue weighted by atomic mass is 16.5. The first-order chi connectivity index (χ1) is 7.72. The van der Waals surface area contributed by atoms with Gasteiger partial charge in [0.15, 0.2) is 5.76 Å². The van der Waals surface area contributed by atoms with Crippen molar-refractivity contribution in [1.29, 1.82) is 0 Å². The number of methoxy groups -OCH3 is 1. The molecule has 0 fully saturated rings. The Labute approximate surface area is 94.0 Å². The normalized spacial score (nSPS) is 10.4. The molecule has 4 heteroatoms. The number of nitrogens with zero attached hydrogens (tertiary/aromatic N) is 1. The minimum absolute atomic E-state index is 0.573. The fraction of sp³-hybridized carbons (Fsp3) is 0.250. The van der Waals surface area contributed by atoms with Gasteiger partial charge < -0.3 is 15.0 Å². The largest absolute Gasteiger partial charge is 0.496 e. The Morgan fingerprint density at radius 1 is 1.44 bits per heavy atom. The maximum Gasteiger partial charge on any atom is 0.164 e. The van der Waals surface area contributed by atoms with E-state index in [2.05, 4.69) is 5.16 Å². The van der Waals surface area contributed by atoms with Crippen LogP contribution >= 0.6 is 0 Å². The van der Waals surface area contributed by atoms with E-state index < -0.39 is 0 Å². The molecule has 0 amide bonds. The van der Waals surface area contributed by atoms with Crippen LogP contribution in [0.2, 0.25) is 0 Å². The molecule has 0 aliphatic heterocycles. The second-order valence-electron chi connectivity index (χ2n) is 3.65. The molecule has 0 bridgehead atoms. The van der Waals surface area contributed by atoms with E-state index in [0.29, 0.717) is 17.9 Å². The quantitative estimate of drug-likeness (QED) is 0.857. The van der Waals surface area contributed by atoms with Crippen LogP contribution in [0.1, 0.15) is 16.9 Å². The molecule has 1 aromatic carbocycles. The second-order valence-corrected chi connectivity index (χ2v) is 3.65. The van der Waals surface area contributed by atoms with E-state index in [1.165, 1.54) is 6.20 Å². The Morgan fingerprint density at radius 2 is 2.25 bits per heavy atom. The molecule has 4 nitrogen and oxygen atoms in total. The van der Waals surface area contributed by atoms with Crippen molar-refractivity contribution in [3.05, 3.63) is 41.3 Å². The number of aromatic nitrogens is 1. The van der Waals surface area contributed by atoms with E-state index in [9.17, 15) is 0 Å². The van der Waals surface area contributed by atoms with E-state index in [4.69, 9.17) is 15.0 Å². The van der Waals surface area contributed by atoms with Gasteiger partial charge in [0.1, 0.15) is 5.75 Å². The SMILES string of the molecule is COc1c(C)cccc1Cc1oncc1N. The highest BCUT2D eigenvalue weighted by Gasteiger charge is 2.11. The molecule has 2 rings (SSSR count). The van der Waals surface area contributed by atoms with E-state index >= 15 is 0 Å². The average molecular weight is 218 g/mol. The summed E-state index contributed by atoms with van der Waals surface area (Å²) in [5.41, 5.74) is 8.44. The Morgan fingerprint density at radius 3 is 2.88 bits per heavy atom. The molecule has 0 spiro atoms. The van der Waals surface area contributed by atoms with Crippen molar-refractivity contribution in [2.45, 2.75) is 13.3 Å². The molecule has 0 aliphatic carbocycles. The first kappa shape index (κ1) is 10.5. The zero-order valence-corrected chi connectivity index (χ0v) is 9.36. The summed E-state index contributed by atoms with van der Waals surface area (Å²) in [6, 6.07) is 5.99. The van der Waals surface area contributed by atoms with Crippen LogP contribution in [0.3, 0.4) is 0 Å². The van der Waals surface area contributed by atoms with Gasteiger partial charge in [0.25, 0.3) is 0 Å². The minimum Gasteiger partial charge on any atom is -0.496 e. The summed E-state index contributed by atoms with van der Waals surface area (Å²) in [5.74, 6) is 1.54. The number of hydrogen-bond donors (Lipinski definition) is 1. The number of nitrogens with two attached hydrogens (primary N) is 1. The predicted molar refractivity (Wildman–Crippen MR) is 61.5 cm³/mol. The molecule has 1 aromatic heterocycles. The summed E-state index contributed by atoms with van der Waals surface area (Å²) in [5, 5.41) is 3.65. The van der Waals surface area contributed by atoms with Crippen LogP contribution in [-0.4, -0.2) is 12.3 Å². The van der Waals surface area contributed by atoms with Gasteiger partial charge in [0.05, 0.1) is 19.0 Å². The molecule has 16 heavy (non-hydrogen) atoms. The topological polar surface area (TPSA) is 61.3 Å². The predicted octanol–water partition coefficient (Wildman–Crippen LogP) is 2.16. The second kappa shape index (κ2) is 4.26. The van der Waals surface area contributed by atoms with Crippen molar-refractivity contribution in [3.8, 4) is 5.75 Å². The van der Waals surface area contributed by atoms with Crippen LogP contribution in [0.25, 0.3) is 0 Å². The van der Waals surface area contributed by atoms with Gasteiger partial charge in [0, 0.05) is 12.0 Å². The Bertz CT molecular complexity index is 492. The third-order valence-electron chi connectivity index (χ3n) is 2.53. The highest BCUT2D eigenvalue weighted by molar-refractivity contribution is 5.46. The van der Waals surface area contributed by atoms with Crippen molar-refractivity contribution >= 4 is 5.69 Å². The maximum atomic E-state index is 5.72. The Kier molecular flexibility index (Phi) is 2.81. The van der Waals surface area contributed by atoms with Gasteiger partial charge in [-0.25, -0.2) is 0 Å². The van der Waals surface area contributed by atoms with Crippen molar-refractivity contribution in [3.63, 3.8) is 0 Å². The molecular weight excluding hydrogens is 204 g/mol. The van der Waals surface area contributed by atoms with Crippen LogP contribution in [0.5, 0.6) is 5.75 Å². The van der Waals surface area contributed by atoms with E-state index in [1.807, 2.05) is 25.1 Å². The Hall–Kier alpha value is -1.97. The number of anilines is 1. The molecule has 0 saturated carbocycles. The number of ether oxygens (including phenoxy) is 1. The molecule has 0 atom stereocenters. The first-order valence-corrected chi connectivity index (χ1v) is 5.04. The molecular formula is C12H14N2O2. The van der Waals surface area contributed by atoms with Gasteiger partial charge in [-0.2, -0.15) is 0 Å². The molecule has 0 saturated heterocycles. The lowest BCUT2D eigenvalue weighted by atomic mass is 10.1. The molecule has 0 radical (unpaired) electrons. The summed E-state index contributed by atoms with van der Waals surface area (Å²) < 4.78 is 10.4. The number of rotatable bonds is 3. The molecule has 0 aliphatic rings. The van der Waals surface area contributed by atoms with Crippen LogP contribution in [0, 0.1) is 6.92 Å². The van der Waals surface area contributed by atoms with Gasteiger partial charge >= 0.3 is 0 Å². The van der Waals surface area contributed by atoms with Crippen molar-refractivity contribution in [2.24, 2.45) is 0 Å². The maximum absolute atomic E-state index is 5.72. The van der Waals surface area contributed by atoms with E-state index in [-0.39, 0.29) is 0 Å².